The number of rotatable bonds is 5. The quantitative estimate of drug-likeness (QED) is 0.829. The van der Waals surface area contributed by atoms with Crippen LogP contribution in [0.2, 0.25) is 0 Å². The van der Waals surface area contributed by atoms with Crippen LogP contribution in [-0.4, -0.2) is 26.6 Å². The second-order valence-corrected chi connectivity index (χ2v) is 6.51. The molecular weight excluding hydrogens is 290 g/mol. The topological polar surface area (TPSA) is 89.3 Å². The minimum atomic E-state index is -3.63. The van der Waals surface area contributed by atoms with Crippen LogP contribution in [0.4, 0.5) is 8.78 Å². The molecule has 3 N–H and O–H groups in total. The zero-order valence-corrected chi connectivity index (χ0v) is 11.3. The predicted octanol–water partition coefficient (Wildman–Crippen LogP) is 0.473. The van der Waals surface area contributed by atoms with Gasteiger partial charge in [-0.15, -0.1) is 0 Å². The van der Waals surface area contributed by atoms with Crippen LogP contribution in [-0.2, 0) is 14.8 Å². The molecule has 8 heteroatoms. The first-order valence-electron chi connectivity index (χ1n) is 6.01. The van der Waals surface area contributed by atoms with Crippen LogP contribution in [0.3, 0.4) is 0 Å². The van der Waals surface area contributed by atoms with E-state index in [1.54, 1.807) is 0 Å². The molecule has 1 amide bonds. The Hall–Kier alpha value is -1.54. The van der Waals surface area contributed by atoms with Gasteiger partial charge in [-0.05, 0) is 36.1 Å². The summed E-state index contributed by atoms with van der Waals surface area (Å²) in [6, 6.07) is 3.12. The summed E-state index contributed by atoms with van der Waals surface area (Å²) in [5, 5.41) is 7.22. The molecule has 0 heterocycles. The Balaban J connectivity index is 1.91. The van der Waals surface area contributed by atoms with Gasteiger partial charge in [0.1, 0.15) is 11.6 Å². The smallest absolute Gasteiger partial charge is 0.223 e. The summed E-state index contributed by atoms with van der Waals surface area (Å²) in [7, 11) is -3.63. The van der Waals surface area contributed by atoms with Crippen LogP contribution in [0.25, 0.3) is 0 Å². The summed E-state index contributed by atoms with van der Waals surface area (Å²) in [5.41, 5.74) is 0.177. The third-order valence-electron chi connectivity index (χ3n) is 3.17. The lowest BCUT2D eigenvalue weighted by Gasteiger charge is -2.05. The molecule has 1 aliphatic carbocycles. The first-order chi connectivity index (χ1) is 9.28. The van der Waals surface area contributed by atoms with E-state index in [-0.39, 0.29) is 29.7 Å². The van der Waals surface area contributed by atoms with Crippen LogP contribution in [0, 0.1) is 17.6 Å². The van der Waals surface area contributed by atoms with Gasteiger partial charge in [-0.3, -0.25) is 4.79 Å². The average molecular weight is 304 g/mol. The van der Waals surface area contributed by atoms with Crippen molar-refractivity contribution in [1.29, 1.82) is 0 Å². The molecule has 1 aliphatic rings. The van der Waals surface area contributed by atoms with Crippen molar-refractivity contribution in [3.05, 3.63) is 35.4 Å². The number of halogens is 2. The van der Waals surface area contributed by atoms with Gasteiger partial charge < -0.3 is 5.32 Å². The number of carbonyl (C=O) groups excluding carboxylic acids is 1. The minimum absolute atomic E-state index is 0.0908. The fraction of sp³-hybridized carbons (Fsp3) is 0.417. The van der Waals surface area contributed by atoms with Gasteiger partial charge in [0, 0.05) is 12.5 Å². The van der Waals surface area contributed by atoms with Gasteiger partial charge in [0.2, 0.25) is 15.9 Å². The van der Waals surface area contributed by atoms with E-state index in [9.17, 15) is 22.0 Å². The molecule has 20 heavy (non-hydrogen) atoms. The molecule has 110 valence electrons. The maximum atomic E-state index is 13.5. The van der Waals surface area contributed by atoms with Crippen LogP contribution in [0.5, 0.6) is 0 Å². The lowest BCUT2D eigenvalue weighted by Crippen LogP contribution is -2.32. The zero-order chi connectivity index (χ0) is 14.9. The number of amides is 1. The maximum Gasteiger partial charge on any atom is 0.223 e. The molecule has 1 aromatic carbocycles. The second kappa shape index (κ2) is 5.45. The Morgan fingerprint density at radius 1 is 1.40 bits per heavy atom. The Morgan fingerprint density at radius 3 is 2.75 bits per heavy atom. The van der Waals surface area contributed by atoms with Crippen LogP contribution in [0.1, 0.15) is 17.9 Å². The highest BCUT2D eigenvalue weighted by Gasteiger charge is 2.45. The van der Waals surface area contributed by atoms with Gasteiger partial charge in [0.15, 0.2) is 0 Å². The van der Waals surface area contributed by atoms with Gasteiger partial charge in [-0.1, -0.05) is 0 Å². The highest BCUT2D eigenvalue weighted by atomic mass is 32.2. The van der Waals surface area contributed by atoms with Gasteiger partial charge in [0.05, 0.1) is 5.75 Å². The lowest BCUT2D eigenvalue weighted by atomic mass is 10.1. The average Bonchev–Trinajstić information content (AvgIpc) is 3.10. The first kappa shape index (κ1) is 14.9. The molecule has 2 atom stereocenters. The molecule has 1 aromatic rings. The van der Waals surface area contributed by atoms with E-state index in [2.05, 4.69) is 5.32 Å². The van der Waals surface area contributed by atoms with Crippen molar-refractivity contribution in [2.75, 3.05) is 12.3 Å². The van der Waals surface area contributed by atoms with Gasteiger partial charge in [-0.2, -0.15) is 0 Å². The highest BCUT2D eigenvalue weighted by molar-refractivity contribution is 7.89. The standard InChI is InChI=1S/C12H14F2N2O3S/c13-7-1-2-11(14)9(5-7)8-6-10(8)12(17)16-3-4-20(15,18)19/h1-2,5,8,10H,3-4,6H2,(H,16,17)(H2,15,18,19)/t8-,10-/m1/s1. The first-order valence-corrected chi connectivity index (χ1v) is 7.72. The normalized spacial score (nSPS) is 21.6. The van der Waals surface area contributed by atoms with Crippen molar-refractivity contribution in [1.82, 2.24) is 5.32 Å². The third kappa shape index (κ3) is 3.73. The Labute approximate surface area is 115 Å². The van der Waals surface area contributed by atoms with E-state index < -0.39 is 27.6 Å². The Kier molecular flexibility index (Phi) is 4.05. The summed E-state index contributed by atoms with van der Waals surface area (Å²) in [5.74, 6) is -2.64. The summed E-state index contributed by atoms with van der Waals surface area (Å²) in [6.07, 6.45) is 0.418. The minimum Gasteiger partial charge on any atom is -0.355 e. The molecule has 0 aromatic heterocycles. The summed E-state index contributed by atoms with van der Waals surface area (Å²) >= 11 is 0. The van der Waals surface area contributed by atoms with Crippen molar-refractivity contribution >= 4 is 15.9 Å². The lowest BCUT2D eigenvalue weighted by molar-refractivity contribution is -0.122. The van der Waals surface area contributed by atoms with Crippen molar-refractivity contribution in [3.63, 3.8) is 0 Å². The largest absolute Gasteiger partial charge is 0.355 e. The van der Waals surface area contributed by atoms with Crippen molar-refractivity contribution in [2.24, 2.45) is 11.1 Å². The SMILES string of the molecule is NS(=O)(=O)CCNC(=O)[C@@H]1C[C@@H]1c1cc(F)ccc1F. The van der Waals surface area contributed by atoms with Gasteiger partial charge >= 0.3 is 0 Å². The molecule has 0 spiro atoms. The van der Waals surface area contributed by atoms with E-state index in [4.69, 9.17) is 5.14 Å². The number of nitrogens with one attached hydrogen (secondary N) is 1. The van der Waals surface area contributed by atoms with E-state index in [0.717, 1.165) is 18.2 Å². The Bertz CT molecular complexity index is 634. The van der Waals surface area contributed by atoms with Crippen LogP contribution in [0.15, 0.2) is 18.2 Å². The predicted molar refractivity (Wildman–Crippen MR) is 68.2 cm³/mol. The molecule has 0 bridgehead atoms. The van der Waals surface area contributed by atoms with E-state index in [0.29, 0.717) is 6.42 Å². The number of primary sulfonamides is 1. The van der Waals surface area contributed by atoms with Crippen molar-refractivity contribution < 1.29 is 22.0 Å². The fourth-order valence-corrected chi connectivity index (χ4v) is 2.46. The van der Waals surface area contributed by atoms with Gasteiger partial charge in [-0.25, -0.2) is 22.3 Å². The Morgan fingerprint density at radius 2 is 2.10 bits per heavy atom. The second-order valence-electron chi connectivity index (χ2n) is 4.77. The van der Waals surface area contributed by atoms with Crippen LogP contribution >= 0.6 is 0 Å². The van der Waals surface area contributed by atoms with Gasteiger partial charge in [0.25, 0.3) is 0 Å². The van der Waals surface area contributed by atoms with E-state index in [1.807, 2.05) is 0 Å². The molecule has 0 radical (unpaired) electrons. The molecule has 0 unspecified atom stereocenters. The highest BCUT2D eigenvalue weighted by Crippen LogP contribution is 2.48. The summed E-state index contributed by atoms with van der Waals surface area (Å²) < 4.78 is 48.0. The molecule has 1 saturated carbocycles. The number of nitrogens with two attached hydrogens (primary N) is 1. The number of hydrogen-bond donors (Lipinski definition) is 2. The third-order valence-corrected chi connectivity index (χ3v) is 3.94. The molecule has 5 nitrogen and oxygen atoms in total. The molecule has 0 aliphatic heterocycles. The molecule has 1 fully saturated rings. The van der Waals surface area contributed by atoms with E-state index in [1.165, 1.54) is 0 Å². The van der Waals surface area contributed by atoms with Crippen molar-refractivity contribution in [2.45, 2.75) is 12.3 Å². The van der Waals surface area contributed by atoms with Crippen molar-refractivity contribution in [3.8, 4) is 0 Å². The summed E-state index contributed by atoms with van der Waals surface area (Å²) in [4.78, 5) is 11.7. The fourth-order valence-electron chi connectivity index (χ4n) is 2.07. The number of benzene rings is 1. The number of hydrogen-bond acceptors (Lipinski definition) is 3. The number of carbonyl (C=O) groups is 1. The zero-order valence-electron chi connectivity index (χ0n) is 10.5. The maximum absolute atomic E-state index is 13.5. The summed E-state index contributed by atoms with van der Waals surface area (Å²) in [6.45, 7) is -0.0908. The van der Waals surface area contributed by atoms with E-state index >= 15 is 0 Å². The van der Waals surface area contributed by atoms with Crippen LogP contribution < -0.4 is 10.5 Å². The monoisotopic (exact) mass is 304 g/mol. The molecule has 2 rings (SSSR count). The molecule has 0 saturated heterocycles. The number of sulfonamides is 1. The molecular formula is C12H14F2N2O3S.